The van der Waals surface area contributed by atoms with E-state index in [2.05, 4.69) is 10.6 Å². The van der Waals surface area contributed by atoms with Crippen molar-refractivity contribution in [1.29, 1.82) is 0 Å². The van der Waals surface area contributed by atoms with Gasteiger partial charge in [-0.05, 0) is 12.1 Å². The summed E-state index contributed by atoms with van der Waals surface area (Å²) in [5.74, 6) is -1.19. The van der Waals surface area contributed by atoms with Gasteiger partial charge in [0.25, 0.3) is 0 Å². The number of carboxylic acids is 1. The molecule has 0 aliphatic heterocycles. The van der Waals surface area contributed by atoms with Crippen molar-refractivity contribution in [2.24, 2.45) is 0 Å². The van der Waals surface area contributed by atoms with Crippen molar-refractivity contribution in [1.82, 2.24) is 10.6 Å². The summed E-state index contributed by atoms with van der Waals surface area (Å²) in [5, 5.41) is 14.4. The predicted molar refractivity (Wildman–Crippen MR) is 75.9 cm³/mol. The lowest BCUT2D eigenvalue weighted by atomic mass is 10.1. The number of rotatable bonds is 5. The molecule has 6 nitrogen and oxygen atoms in total. The fraction of sp³-hybridized carbons (Fsp3) is 0.143. The Hall–Kier alpha value is -2.47. The first-order valence-corrected chi connectivity index (χ1v) is 6.48. The number of carboxylic acid groups (broad SMARTS) is 1. The minimum Gasteiger partial charge on any atom is -0.479 e. The van der Waals surface area contributed by atoms with Crippen molar-refractivity contribution in [3.8, 4) is 0 Å². The van der Waals surface area contributed by atoms with Crippen LogP contribution in [0.25, 0.3) is 0 Å². The summed E-state index contributed by atoms with van der Waals surface area (Å²) >= 11 is 5.96. The highest BCUT2D eigenvalue weighted by molar-refractivity contribution is 6.31. The van der Waals surface area contributed by atoms with Crippen LogP contribution in [0.2, 0.25) is 5.02 Å². The first-order valence-electron chi connectivity index (χ1n) is 6.10. The van der Waals surface area contributed by atoms with Gasteiger partial charge in [-0.25, -0.2) is 9.59 Å². The molecule has 0 fully saturated rings. The Morgan fingerprint density at radius 3 is 2.67 bits per heavy atom. The maximum Gasteiger partial charge on any atom is 0.331 e. The average molecular weight is 309 g/mol. The van der Waals surface area contributed by atoms with E-state index in [1.54, 1.807) is 30.3 Å². The molecule has 2 aromatic rings. The van der Waals surface area contributed by atoms with E-state index in [1.165, 1.54) is 12.5 Å². The number of nitrogens with one attached hydrogen (secondary N) is 2. The van der Waals surface area contributed by atoms with Gasteiger partial charge in [-0.3, -0.25) is 0 Å². The Kier molecular flexibility index (Phi) is 4.84. The lowest BCUT2D eigenvalue weighted by molar-refractivity contribution is -0.139. The minimum absolute atomic E-state index is 0.233. The Labute approximate surface area is 125 Å². The van der Waals surface area contributed by atoms with E-state index in [4.69, 9.17) is 16.0 Å². The first kappa shape index (κ1) is 14.9. The Morgan fingerprint density at radius 1 is 1.29 bits per heavy atom. The van der Waals surface area contributed by atoms with Gasteiger partial charge in [0.15, 0.2) is 6.04 Å². The monoisotopic (exact) mass is 308 g/mol. The largest absolute Gasteiger partial charge is 0.479 e. The van der Waals surface area contributed by atoms with E-state index in [0.29, 0.717) is 5.56 Å². The number of hydrogen-bond acceptors (Lipinski definition) is 3. The fourth-order valence-corrected chi connectivity index (χ4v) is 1.98. The van der Waals surface area contributed by atoms with Crippen LogP contribution in [0.4, 0.5) is 4.79 Å². The van der Waals surface area contributed by atoms with Crippen LogP contribution in [-0.4, -0.2) is 17.1 Å². The summed E-state index contributed by atoms with van der Waals surface area (Å²) in [6.07, 6.45) is 2.97. The molecule has 1 aromatic heterocycles. The highest BCUT2D eigenvalue weighted by atomic mass is 35.5. The number of urea groups is 1. The Balaban J connectivity index is 2.01. The molecule has 0 radical (unpaired) electrons. The second-order valence-corrected chi connectivity index (χ2v) is 4.66. The zero-order chi connectivity index (χ0) is 15.2. The number of benzene rings is 1. The number of hydrogen-bond donors (Lipinski definition) is 3. The third-order valence-corrected chi connectivity index (χ3v) is 3.12. The molecular formula is C14H13ClN2O4. The maximum absolute atomic E-state index is 11.8. The van der Waals surface area contributed by atoms with E-state index in [1.807, 2.05) is 0 Å². The molecule has 3 N–H and O–H groups in total. The summed E-state index contributed by atoms with van der Waals surface area (Å²) in [5.41, 5.74) is 1.10. The second-order valence-electron chi connectivity index (χ2n) is 4.25. The fourth-order valence-electron chi connectivity index (χ4n) is 1.74. The molecule has 0 saturated carbocycles. The molecule has 1 atom stereocenters. The van der Waals surface area contributed by atoms with Gasteiger partial charge in [0.1, 0.15) is 0 Å². The van der Waals surface area contributed by atoms with Gasteiger partial charge in [-0.2, -0.15) is 0 Å². The van der Waals surface area contributed by atoms with E-state index < -0.39 is 18.0 Å². The molecule has 0 aliphatic carbocycles. The Bertz CT molecular complexity index is 628. The summed E-state index contributed by atoms with van der Waals surface area (Å²) < 4.78 is 4.87. The summed E-state index contributed by atoms with van der Waals surface area (Å²) in [7, 11) is 0. The van der Waals surface area contributed by atoms with Gasteiger partial charge in [0, 0.05) is 22.7 Å². The van der Waals surface area contributed by atoms with Crippen LogP contribution in [0.15, 0.2) is 47.3 Å². The lowest BCUT2D eigenvalue weighted by Gasteiger charge is -2.16. The zero-order valence-electron chi connectivity index (χ0n) is 10.9. The molecule has 0 aliphatic rings. The molecule has 1 heterocycles. The summed E-state index contributed by atoms with van der Waals surface area (Å²) in [4.78, 5) is 23.1. The van der Waals surface area contributed by atoms with E-state index in [-0.39, 0.29) is 11.6 Å². The molecule has 21 heavy (non-hydrogen) atoms. The minimum atomic E-state index is -1.22. The third kappa shape index (κ3) is 4.00. The quantitative estimate of drug-likeness (QED) is 0.791. The first-order chi connectivity index (χ1) is 10.1. The number of carbonyl (C=O) groups excluding carboxylic acids is 1. The van der Waals surface area contributed by atoms with Crippen LogP contribution in [0, 0.1) is 0 Å². The summed E-state index contributed by atoms with van der Waals surface area (Å²) in [6, 6.07) is 6.33. The van der Waals surface area contributed by atoms with Crippen LogP contribution in [0.1, 0.15) is 17.2 Å². The lowest BCUT2D eigenvalue weighted by Crippen LogP contribution is -2.40. The van der Waals surface area contributed by atoms with Crippen LogP contribution >= 0.6 is 11.6 Å². The van der Waals surface area contributed by atoms with Crippen molar-refractivity contribution < 1.29 is 19.1 Å². The van der Waals surface area contributed by atoms with Crippen LogP contribution in [0.3, 0.4) is 0 Å². The molecule has 0 saturated heterocycles. The van der Waals surface area contributed by atoms with Crippen molar-refractivity contribution in [2.45, 2.75) is 12.6 Å². The number of furan rings is 1. The van der Waals surface area contributed by atoms with Gasteiger partial charge in [-0.1, -0.05) is 29.8 Å². The van der Waals surface area contributed by atoms with Crippen molar-refractivity contribution >= 4 is 23.6 Å². The molecule has 0 spiro atoms. The number of carbonyl (C=O) groups is 2. The van der Waals surface area contributed by atoms with E-state index >= 15 is 0 Å². The number of halogens is 1. The third-order valence-electron chi connectivity index (χ3n) is 2.77. The van der Waals surface area contributed by atoms with Gasteiger partial charge in [-0.15, -0.1) is 0 Å². The average Bonchev–Trinajstić information content (AvgIpc) is 2.96. The Morgan fingerprint density at radius 2 is 2.05 bits per heavy atom. The summed E-state index contributed by atoms with van der Waals surface area (Å²) in [6.45, 7) is 0.233. The van der Waals surface area contributed by atoms with Crippen molar-refractivity contribution in [3.63, 3.8) is 0 Å². The van der Waals surface area contributed by atoms with Gasteiger partial charge >= 0.3 is 12.0 Å². The predicted octanol–water partition coefficient (Wildman–Crippen LogP) is 2.56. The molecule has 2 rings (SSSR count). The smallest absolute Gasteiger partial charge is 0.331 e. The standard InChI is InChI=1S/C14H13ClN2O4/c15-11-4-2-1-3-10(11)12(13(18)19)17-14(20)16-7-9-5-6-21-8-9/h1-6,8,12H,7H2,(H,18,19)(H2,16,17,20)/t12-/m1/s1. The highest BCUT2D eigenvalue weighted by Gasteiger charge is 2.23. The topological polar surface area (TPSA) is 91.6 Å². The van der Waals surface area contributed by atoms with Crippen molar-refractivity contribution in [3.05, 3.63) is 59.0 Å². The van der Waals surface area contributed by atoms with Gasteiger partial charge < -0.3 is 20.2 Å². The molecule has 7 heteroatoms. The highest BCUT2D eigenvalue weighted by Crippen LogP contribution is 2.22. The van der Waals surface area contributed by atoms with Crippen molar-refractivity contribution in [2.75, 3.05) is 0 Å². The van der Waals surface area contributed by atoms with Crippen LogP contribution in [0.5, 0.6) is 0 Å². The zero-order valence-corrected chi connectivity index (χ0v) is 11.6. The molecule has 0 unspecified atom stereocenters. The van der Waals surface area contributed by atoms with E-state index in [0.717, 1.165) is 5.56 Å². The normalized spacial score (nSPS) is 11.7. The molecule has 0 bridgehead atoms. The molecular weight excluding hydrogens is 296 g/mol. The van der Waals surface area contributed by atoms with Gasteiger partial charge in [0.2, 0.25) is 0 Å². The molecule has 1 aromatic carbocycles. The number of amides is 2. The maximum atomic E-state index is 11.8. The van der Waals surface area contributed by atoms with Gasteiger partial charge in [0.05, 0.1) is 12.5 Å². The van der Waals surface area contributed by atoms with Crippen LogP contribution in [-0.2, 0) is 11.3 Å². The SMILES string of the molecule is O=C(NCc1ccoc1)N[C@@H](C(=O)O)c1ccccc1Cl. The molecule has 110 valence electrons. The second kappa shape index (κ2) is 6.81. The molecule has 2 amide bonds. The number of aliphatic carboxylic acids is 1. The van der Waals surface area contributed by atoms with E-state index in [9.17, 15) is 14.7 Å². The van der Waals surface area contributed by atoms with Crippen LogP contribution < -0.4 is 10.6 Å².